The molecule has 0 aliphatic carbocycles. The molecule has 0 rings (SSSR count). The molecule has 1 atom stereocenters. The number of hydrogen-bond acceptors (Lipinski definition) is 4. The summed E-state index contributed by atoms with van der Waals surface area (Å²) < 4.78 is 4.96. The highest BCUT2D eigenvalue weighted by Crippen LogP contribution is 2.21. The van der Waals surface area contributed by atoms with Crippen LogP contribution in [0.4, 0.5) is 0 Å². The number of ether oxygens (including phenoxy) is 1. The van der Waals surface area contributed by atoms with Crippen molar-refractivity contribution in [2.24, 2.45) is 11.1 Å². The van der Waals surface area contributed by atoms with Gasteiger partial charge in [0.25, 0.3) is 0 Å². The second-order valence-corrected chi connectivity index (χ2v) is 4.34. The van der Waals surface area contributed by atoms with Gasteiger partial charge in [-0.05, 0) is 27.7 Å². The van der Waals surface area contributed by atoms with Crippen molar-refractivity contribution >= 4 is 11.9 Å². The zero-order valence-corrected chi connectivity index (χ0v) is 8.96. The van der Waals surface area contributed by atoms with E-state index in [0.29, 0.717) is 0 Å². The molecule has 0 spiro atoms. The SMILES string of the molecule is CC(C)(C)OC(=O)[C@](C)(CN)C(=O)O. The van der Waals surface area contributed by atoms with Crippen LogP contribution in [-0.4, -0.2) is 29.2 Å². The van der Waals surface area contributed by atoms with Crippen LogP contribution in [0.2, 0.25) is 0 Å². The number of hydrogen-bond donors (Lipinski definition) is 2. The lowest BCUT2D eigenvalue weighted by molar-refractivity contribution is -0.174. The van der Waals surface area contributed by atoms with Crippen molar-refractivity contribution in [1.82, 2.24) is 0 Å². The Balaban J connectivity index is 4.73. The van der Waals surface area contributed by atoms with Crippen LogP contribution in [0.15, 0.2) is 0 Å². The van der Waals surface area contributed by atoms with E-state index in [4.69, 9.17) is 15.6 Å². The quantitative estimate of drug-likeness (QED) is 0.511. The van der Waals surface area contributed by atoms with Gasteiger partial charge in [0.2, 0.25) is 0 Å². The second kappa shape index (κ2) is 3.96. The molecule has 0 unspecified atom stereocenters. The van der Waals surface area contributed by atoms with Crippen LogP contribution in [0, 0.1) is 5.41 Å². The van der Waals surface area contributed by atoms with E-state index in [1.54, 1.807) is 20.8 Å². The minimum atomic E-state index is -1.66. The number of rotatable bonds is 3. The molecule has 0 amide bonds. The Kier molecular flexibility index (Phi) is 3.65. The summed E-state index contributed by atoms with van der Waals surface area (Å²) in [5.41, 5.74) is 2.88. The van der Waals surface area contributed by atoms with E-state index in [9.17, 15) is 9.59 Å². The van der Waals surface area contributed by atoms with Gasteiger partial charge in [0.05, 0.1) is 0 Å². The van der Waals surface area contributed by atoms with E-state index < -0.39 is 23.0 Å². The molecule has 3 N–H and O–H groups in total. The summed E-state index contributed by atoms with van der Waals surface area (Å²) in [6.07, 6.45) is 0. The summed E-state index contributed by atoms with van der Waals surface area (Å²) in [4.78, 5) is 22.3. The summed E-state index contributed by atoms with van der Waals surface area (Å²) in [5.74, 6) is -2.07. The third kappa shape index (κ3) is 2.99. The molecule has 0 saturated heterocycles. The Hall–Kier alpha value is -1.10. The lowest BCUT2D eigenvalue weighted by Crippen LogP contribution is -2.46. The minimum Gasteiger partial charge on any atom is -0.480 e. The van der Waals surface area contributed by atoms with Gasteiger partial charge in [-0.3, -0.25) is 9.59 Å². The van der Waals surface area contributed by atoms with Gasteiger partial charge in [0.15, 0.2) is 5.41 Å². The fraction of sp³-hybridized carbons (Fsp3) is 0.778. The normalized spacial score (nSPS) is 15.8. The van der Waals surface area contributed by atoms with Crippen molar-refractivity contribution in [1.29, 1.82) is 0 Å². The zero-order valence-electron chi connectivity index (χ0n) is 8.96. The van der Waals surface area contributed by atoms with Crippen LogP contribution >= 0.6 is 0 Å². The first-order valence-electron chi connectivity index (χ1n) is 4.30. The van der Waals surface area contributed by atoms with Crippen molar-refractivity contribution in [2.75, 3.05) is 6.54 Å². The topological polar surface area (TPSA) is 89.6 Å². The molecule has 0 radical (unpaired) electrons. The maximum atomic E-state index is 11.5. The molecule has 82 valence electrons. The largest absolute Gasteiger partial charge is 0.480 e. The first-order valence-corrected chi connectivity index (χ1v) is 4.30. The molecule has 14 heavy (non-hydrogen) atoms. The third-order valence-electron chi connectivity index (χ3n) is 1.73. The number of aliphatic carboxylic acids is 1. The predicted molar refractivity (Wildman–Crippen MR) is 50.6 cm³/mol. The molecule has 0 saturated carbocycles. The Bertz CT molecular complexity index is 244. The van der Waals surface area contributed by atoms with Gasteiger partial charge in [0, 0.05) is 6.54 Å². The first-order chi connectivity index (χ1) is 6.13. The van der Waals surface area contributed by atoms with Crippen molar-refractivity contribution in [2.45, 2.75) is 33.3 Å². The van der Waals surface area contributed by atoms with E-state index in [0.717, 1.165) is 0 Å². The Labute approximate surface area is 83.2 Å². The Morgan fingerprint density at radius 3 is 1.93 bits per heavy atom. The molecular formula is C9H17NO4. The number of nitrogens with two attached hydrogens (primary N) is 1. The number of carbonyl (C=O) groups excluding carboxylic acids is 1. The fourth-order valence-corrected chi connectivity index (χ4v) is 0.649. The van der Waals surface area contributed by atoms with Crippen LogP contribution in [-0.2, 0) is 14.3 Å². The van der Waals surface area contributed by atoms with Gasteiger partial charge < -0.3 is 15.6 Å². The van der Waals surface area contributed by atoms with Crippen molar-refractivity contribution < 1.29 is 19.4 Å². The van der Waals surface area contributed by atoms with Crippen LogP contribution in [0.3, 0.4) is 0 Å². The van der Waals surface area contributed by atoms with E-state index in [1.165, 1.54) is 6.92 Å². The van der Waals surface area contributed by atoms with Crippen LogP contribution in [0.5, 0.6) is 0 Å². The monoisotopic (exact) mass is 203 g/mol. The minimum absolute atomic E-state index is 0.281. The highest BCUT2D eigenvalue weighted by molar-refractivity contribution is 5.99. The molecular weight excluding hydrogens is 186 g/mol. The predicted octanol–water partition coefficient (Wildman–Crippen LogP) is 0.378. The van der Waals surface area contributed by atoms with Gasteiger partial charge in [-0.15, -0.1) is 0 Å². The van der Waals surface area contributed by atoms with Gasteiger partial charge in [-0.25, -0.2) is 0 Å². The average molecular weight is 203 g/mol. The van der Waals surface area contributed by atoms with Gasteiger partial charge >= 0.3 is 11.9 Å². The van der Waals surface area contributed by atoms with E-state index >= 15 is 0 Å². The maximum Gasteiger partial charge on any atom is 0.325 e. The molecule has 0 fully saturated rings. The Morgan fingerprint density at radius 1 is 1.29 bits per heavy atom. The zero-order chi connectivity index (χ0) is 11.6. The molecule has 5 heteroatoms. The summed E-state index contributed by atoms with van der Waals surface area (Å²) in [6, 6.07) is 0. The number of carboxylic acid groups (broad SMARTS) is 1. The number of carbonyl (C=O) groups is 2. The van der Waals surface area contributed by atoms with Crippen molar-refractivity contribution in [3.63, 3.8) is 0 Å². The molecule has 5 nitrogen and oxygen atoms in total. The molecule has 0 aromatic heterocycles. The molecule has 0 aliphatic rings. The lowest BCUT2D eigenvalue weighted by Gasteiger charge is -2.27. The van der Waals surface area contributed by atoms with Gasteiger partial charge in [0.1, 0.15) is 5.60 Å². The summed E-state index contributed by atoms with van der Waals surface area (Å²) in [5, 5.41) is 8.82. The summed E-state index contributed by atoms with van der Waals surface area (Å²) >= 11 is 0. The van der Waals surface area contributed by atoms with Gasteiger partial charge in [-0.2, -0.15) is 0 Å². The van der Waals surface area contributed by atoms with E-state index in [-0.39, 0.29) is 6.54 Å². The molecule has 0 bridgehead atoms. The second-order valence-electron chi connectivity index (χ2n) is 4.34. The fourth-order valence-electron chi connectivity index (χ4n) is 0.649. The smallest absolute Gasteiger partial charge is 0.325 e. The summed E-state index contributed by atoms with van der Waals surface area (Å²) in [7, 11) is 0. The molecule has 0 aromatic carbocycles. The van der Waals surface area contributed by atoms with Crippen molar-refractivity contribution in [3.8, 4) is 0 Å². The first kappa shape index (κ1) is 12.9. The molecule has 0 aromatic rings. The molecule has 0 heterocycles. The van der Waals surface area contributed by atoms with E-state index in [2.05, 4.69) is 0 Å². The van der Waals surface area contributed by atoms with E-state index in [1.807, 2.05) is 0 Å². The lowest BCUT2D eigenvalue weighted by atomic mass is 9.91. The third-order valence-corrected chi connectivity index (χ3v) is 1.73. The number of esters is 1. The maximum absolute atomic E-state index is 11.5. The Morgan fingerprint density at radius 2 is 1.71 bits per heavy atom. The van der Waals surface area contributed by atoms with Crippen LogP contribution < -0.4 is 5.73 Å². The van der Waals surface area contributed by atoms with Crippen LogP contribution in [0.25, 0.3) is 0 Å². The highest BCUT2D eigenvalue weighted by Gasteiger charge is 2.43. The summed E-state index contributed by atoms with van der Waals surface area (Å²) in [6.45, 7) is 5.98. The van der Waals surface area contributed by atoms with Crippen molar-refractivity contribution in [3.05, 3.63) is 0 Å². The highest BCUT2D eigenvalue weighted by atomic mass is 16.6. The van der Waals surface area contributed by atoms with Gasteiger partial charge in [-0.1, -0.05) is 0 Å². The average Bonchev–Trinajstić information content (AvgIpc) is 1.99. The molecule has 0 aliphatic heterocycles. The van der Waals surface area contributed by atoms with Crippen LogP contribution in [0.1, 0.15) is 27.7 Å². The number of carboxylic acids is 1. The standard InChI is InChI=1S/C9H17NO4/c1-8(2,3)14-7(13)9(4,5-10)6(11)12/h5,10H2,1-4H3,(H,11,12)/t9-/m1/s1.